The second-order valence-electron chi connectivity index (χ2n) is 4.03. The minimum atomic E-state index is -0.00958. The molecule has 1 fully saturated rings. The summed E-state index contributed by atoms with van der Waals surface area (Å²) in [5.41, 5.74) is 0. The highest BCUT2D eigenvalue weighted by molar-refractivity contribution is 9.30. The molecule has 0 atom stereocenters. The fraction of sp³-hybridized carbons (Fsp3) is 1.00. The predicted molar refractivity (Wildman–Crippen MR) is 78.1 cm³/mol. The summed E-state index contributed by atoms with van der Waals surface area (Å²) in [7, 11) is 0. The first kappa shape index (κ1) is 14.0. The van der Waals surface area contributed by atoms with Crippen molar-refractivity contribution < 1.29 is 0 Å². The Morgan fingerprint density at radius 3 is 1.14 bits per heavy atom. The molecule has 0 unspecified atom stereocenters. The van der Waals surface area contributed by atoms with Gasteiger partial charge < -0.3 is 0 Å². The summed E-state index contributed by atoms with van der Waals surface area (Å²) >= 11 is 15.1. The first-order chi connectivity index (χ1) is 6.46. The van der Waals surface area contributed by atoms with Crippen molar-refractivity contribution in [1.29, 1.82) is 0 Å². The lowest BCUT2D eigenvalue weighted by molar-refractivity contribution is 0.502. The third-order valence-corrected chi connectivity index (χ3v) is 9.19. The van der Waals surface area contributed by atoms with E-state index in [2.05, 4.69) is 63.7 Å². The van der Waals surface area contributed by atoms with Gasteiger partial charge in [-0.15, -0.1) is 0 Å². The van der Waals surface area contributed by atoms with Crippen LogP contribution in [0.25, 0.3) is 0 Å². The van der Waals surface area contributed by atoms with Gasteiger partial charge in [0.15, 0.2) is 0 Å². The topological polar surface area (TPSA) is 0 Å². The van der Waals surface area contributed by atoms with Gasteiger partial charge in [-0.3, -0.25) is 0 Å². The number of alkyl halides is 4. The predicted octanol–water partition coefficient (Wildman–Crippen LogP) is 6.09. The summed E-state index contributed by atoms with van der Waals surface area (Å²) in [6, 6.07) is 0. The van der Waals surface area contributed by atoms with E-state index in [1.807, 2.05) is 0 Å². The third kappa shape index (κ3) is 4.06. The van der Waals surface area contributed by atoms with Crippen LogP contribution in [-0.4, -0.2) is 6.47 Å². The number of halogens is 4. The molecule has 0 aromatic carbocycles. The van der Waals surface area contributed by atoms with E-state index < -0.39 is 0 Å². The molecule has 0 aromatic rings. The van der Waals surface area contributed by atoms with Crippen molar-refractivity contribution in [3.63, 3.8) is 0 Å². The van der Waals surface area contributed by atoms with Crippen LogP contribution in [0.2, 0.25) is 0 Å². The van der Waals surface area contributed by atoms with E-state index in [9.17, 15) is 0 Å². The van der Waals surface area contributed by atoms with Crippen LogP contribution in [0, 0.1) is 0 Å². The normalized spacial score (nSPS) is 28.3. The Bertz CT molecular complexity index is 157. The van der Waals surface area contributed by atoms with Gasteiger partial charge in [0.1, 0.15) is 6.47 Å². The Labute approximate surface area is 120 Å². The van der Waals surface area contributed by atoms with Gasteiger partial charge in [-0.05, 0) is 12.8 Å². The molecule has 0 saturated heterocycles. The Morgan fingerprint density at radius 2 is 0.786 bits per heavy atom. The molecule has 1 aliphatic carbocycles. The molecule has 0 N–H and O–H groups in total. The van der Waals surface area contributed by atoms with Crippen molar-refractivity contribution in [3.8, 4) is 0 Å². The van der Waals surface area contributed by atoms with Gasteiger partial charge in [0.05, 0.1) is 0 Å². The van der Waals surface area contributed by atoms with E-state index >= 15 is 0 Å². The van der Waals surface area contributed by atoms with Crippen molar-refractivity contribution in [2.45, 2.75) is 57.8 Å². The van der Waals surface area contributed by atoms with Crippen LogP contribution in [0.1, 0.15) is 51.4 Å². The Morgan fingerprint density at radius 1 is 0.500 bits per heavy atom. The molecule has 4 heteroatoms. The molecule has 0 heterocycles. The second-order valence-corrected chi connectivity index (χ2v) is 11.6. The minimum Gasteiger partial charge on any atom is -0.0702 e. The zero-order valence-electron chi connectivity index (χ0n) is 8.17. The first-order valence-corrected chi connectivity index (χ1v) is 8.39. The Kier molecular flexibility index (Phi) is 6.01. The maximum atomic E-state index is 3.78. The average Bonchev–Trinajstić information content (AvgIpc) is 2.08. The molecule has 0 aromatic heterocycles. The molecule has 0 bridgehead atoms. The summed E-state index contributed by atoms with van der Waals surface area (Å²) in [6.45, 7) is 0. The molecule has 84 valence electrons. The van der Waals surface area contributed by atoms with Gasteiger partial charge in [0, 0.05) is 0 Å². The van der Waals surface area contributed by atoms with Crippen LogP contribution in [-0.2, 0) is 0 Å². The lowest BCUT2D eigenvalue weighted by Crippen LogP contribution is -2.34. The molecule has 0 nitrogen and oxygen atoms in total. The quantitative estimate of drug-likeness (QED) is 0.388. The van der Waals surface area contributed by atoms with Gasteiger partial charge in [-0.1, -0.05) is 102 Å². The molecule has 1 saturated carbocycles. The van der Waals surface area contributed by atoms with Crippen molar-refractivity contribution in [3.05, 3.63) is 0 Å². The molecule has 0 radical (unpaired) electrons. The van der Waals surface area contributed by atoms with Crippen LogP contribution in [0.5, 0.6) is 0 Å². The lowest BCUT2D eigenvalue weighted by Gasteiger charge is -2.35. The van der Waals surface area contributed by atoms with E-state index in [1.165, 1.54) is 38.5 Å². The zero-order chi connectivity index (χ0) is 10.7. The minimum absolute atomic E-state index is 0.00958. The summed E-state index contributed by atoms with van der Waals surface area (Å²) in [6.07, 6.45) is 10.4. The third-order valence-electron chi connectivity index (χ3n) is 2.77. The number of hydrogen-bond acceptors (Lipinski definition) is 0. The van der Waals surface area contributed by atoms with Crippen molar-refractivity contribution in [2.75, 3.05) is 0 Å². The second kappa shape index (κ2) is 6.02. The van der Waals surface area contributed by atoms with Gasteiger partial charge in [-0.25, -0.2) is 0 Å². The van der Waals surface area contributed by atoms with E-state index in [4.69, 9.17) is 0 Å². The van der Waals surface area contributed by atoms with E-state index in [0.29, 0.717) is 0 Å². The molecule has 1 aliphatic rings. The van der Waals surface area contributed by atoms with Gasteiger partial charge in [0.2, 0.25) is 0 Å². The molecule has 0 aliphatic heterocycles. The van der Waals surface area contributed by atoms with Crippen molar-refractivity contribution >= 4 is 63.7 Å². The maximum absolute atomic E-state index is 3.78. The van der Waals surface area contributed by atoms with Crippen LogP contribution in [0.15, 0.2) is 0 Å². The lowest BCUT2D eigenvalue weighted by atomic mass is 10.0. The number of rotatable bonds is 0. The monoisotopic (exact) mass is 452 g/mol. The van der Waals surface area contributed by atoms with Gasteiger partial charge in [0.25, 0.3) is 0 Å². The molecule has 0 spiro atoms. The smallest absolute Gasteiger partial charge is 0.0702 e. The first-order valence-electron chi connectivity index (χ1n) is 5.21. The standard InChI is InChI=1S/C10H16Br4/c11-9(12)7-5-3-1-2-4-6-8-10(9,13)14/h1-8H2. The Balaban J connectivity index is 2.60. The van der Waals surface area contributed by atoms with E-state index in [1.54, 1.807) is 0 Å². The fourth-order valence-electron chi connectivity index (χ4n) is 1.77. The van der Waals surface area contributed by atoms with Crippen molar-refractivity contribution in [2.24, 2.45) is 0 Å². The molecule has 14 heavy (non-hydrogen) atoms. The van der Waals surface area contributed by atoms with Gasteiger partial charge >= 0.3 is 0 Å². The summed E-state index contributed by atoms with van der Waals surface area (Å²) in [4.78, 5) is 0. The van der Waals surface area contributed by atoms with Gasteiger partial charge in [-0.2, -0.15) is 0 Å². The highest BCUT2D eigenvalue weighted by Crippen LogP contribution is 2.54. The van der Waals surface area contributed by atoms with Crippen LogP contribution < -0.4 is 0 Å². The zero-order valence-corrected chi connectivity index (χ0v) is 14.5. The highest BCUT2D eigenvalue weighted by Gasteiger charge is 2.43. The fourth-order valence-corrected chi connectivity index (χ4v) is 3.68. The average molecular weight is 456 g/mol. The van der Waals surface area contributed by atoms with Crippen LogP contribution >= 0.6 is 63.7 Å². The van der Waals surface area contributed by atoms with Crippen LogP contribution in [0.3, 0.4) is 0 Å². The van der Waals surface area contributed by atoms with E-state index in [-0.39, 0.29) is 6.47 Å². The molecular formula is C10H16Br4. The SMILES string of the molecule is BrC1(Br)CCCCCCCCC1(Br)Br. The van der Waals surface area contributed by atoms with Crippen LogP contribution in [0.4, 0.5) is 0 Å². The summed E-state index contributed by atoms with van der Waals surface area (Å²) in [5.74, 6) is 0. The van der Waals surface area contributed by atoms with E-state index in [0.717, 1.165) is 12.8 Å². The highest BCUT2D eigenvalue weighted by atomic mass is 79.9. The molecule has 1 rings (SSSR count). The molecular weight excluding hydrogens is 440 g/mol. The summed E-state index contributed by atoms with van der Waals surface area (Å²) < 4.78 is -0.0192. The number of hydrogen-bond donors (Lipinski definition) is 0. The summed E-state index contributed by atoms with van der Waals surface area (Å²) in [5, 5.41) is 0. The van der Waals surface area contributed by atoms with Crippen molar-refractivity contribution in [1.82, 2.24) is 0 Å². The largest absolute Gasteiger partial charge is 0.105 e. The maximum Gasteiger partial charge on any atom is 0.105 e. The Hall–Kier alpha value is 1.92. The molecule has 0 amide bonds.